The van der Waals surface area contributed by atoms with Crippen LogP contribution >= 0.6 is 0 Å². The third kappa shape index (κ3) is 1.35. The molecule has 14 heavy (non-hydrogen) atoms. The molecule has 2 aliphatic rings. The van der Waals surface area contributed by atoms with Crippen LogP contribution < -0.4 is 0 Å². The van der Waals surface area contributed by atoms with Gasteiger partial charge in [0.2, 0.25) is 0 Å². The van der Waals surface area contributed by atoms with E-state index in [9.17, 15) is 0 Å². The number of hydrogen-bond acceptors (Lipinski definition) is 0. The predicted octanol–water partition coefficient (Wildman–Crippen LogP) is 2.53. The molecule has 3 rings (SSSR count). The minimum absolute atomic E-state index is 0.929. The molecule has 1 aromatic rings. The summed E-state index contributed by atoms with van der Waals surface area (Å²) in [4.78, 5) is 0. The fraction of sp³-hybridized carbons (Fsp3) is 0.462. The summed E-state index contributed by atoms with van der Waals surface area (Å²) < 4.78 is 1.86. The van der Waals surface area contributed by atoms with E-state index < -0.39 is 0 Å². The second kappa shape index (κ2) is 3.42. The molecule has 1 aromatic carbocycles. The Morgan fingerprint density at radius 1 is 0.929 bits per heavy atom. The van der Waals surface area contributed by atoms with Crippen molar-refractivity contribution >= 4 is 3.90 Å². The molecule has 0 saturated heterocycles. The monoisotopic (exact) mass is 354 g/mol. The van der Waals surface area contributed by atoms with Crippen LogP contribution in [0.4, 0.5) is 0 Å². The van der Waals surface area contributed by atoms with E-state index in [4.69, 9.17) is 0 Å². The summed E-state index contributed by atoms with van der Waals surface area (Å²) in [7, 11) is 0. The number of fused-ring (bicyclic) bond motifs is 3. The van der Waals surface area contributed by atoms with Crippen molar-refractivity contribution in [3.63, 3.8) is 0 Å². The van der Waals surface area contributed by atoms with Crippen molar-refractivity contribution in [1.29, 1.82) is 0 Å². The van der Waals surface area contributed by atoms with Crippen molar-refractivity contribution in [1.82, 2.24) is 0 Å². The van der Waals surface area contributed by atoms with Gasteiger partial charge in [0.05, 0.1) is 0 Å². The minimum atomic E-state index is 0.929. The van der Waals surface area contributed by atoms with Gasteiger partial charge in [-0.05, 0) is 0 Å². The molecule has 1 saturated carbocycles. The van der Waals surface area contributed by atoms with Gasteiger partial charge in [0.25, 0.3) is 0 Å². The Hall–Kier alpha value is -0.222. The number of hydrogen-bond donors (Lipinski definition) is 0. The van der Waals surface area contributed by atoms with E-state index in [0.717, 1.165) is 11.8 Å². The number of benzene rings is 1. The van der Waals surface area contributed by atoms with Crippen LogP contribution in [0, 0.1) is 11.8 Å². The van der Waals surface area contributed by atoms with Gasteiger partial charge in [-0.3, -0.25) is 0 Å². The Morgan fingerprint density at radius 3 is 1.93 bits per heavy atom. The van der Waals surface area contributed by atoms with Crippen LogP contribution in [0.1, 0.15) is 24.0 Å². The zero-order valence-corrected chi connectivity index (χ0v) is 11.1. The van der Waals surface area contributed by atoms with Gasteiger partial charge < -0.3 is 0 Å². The Kier molecular flexibility index (Phi) is 2.21. The standard InChI is InChI=1S/C13H14.W/c1-2-4-13-9-11-6-5-10(7-11)8-12(13)3-1;/h1-4,10-11H,5-6,8-9H2;/t10-,11?;/m1./s1. The first-order valence-electron chi connectivity index (χ1n) is 5.45. The van der Waals surface area contributed by atoms with Crippen LogP contribution in [0.15, 0.2) is 24.3 Å². The van der Waals surface area contributed by atoms with Crippen molar-refractivity contribution in [2.45, 2.75) is 25.7 Å². The van der Waals surface area contributed by atoms with Gasteiger partial charge >= 0.3 is 96.2 Å². The molecule has 0 radical (unpaired) electrons. The molecule has 0 N–H and O–H groups in total. The molecule has 0 spiro atoms. The van der Waals surface area contributed by atoms with Crippen molar-refractivity contribution in [2.24, 2.45) is 11.8 Å². The Bertz CT molecular complexity index is 346. The summed E-state index contributed by atoms with van der Waals surface area (Å²) in [6.45, 7) is 0. The SMILES string of the molecule is [W]=[C]1C2CC[C@H]1Cc1ccccc1C2. The predicted molar refractivity (Wildman–Crippen MR) is 55.1 cm³/mol. The van der Waals surface area contributed by atoms with E-state index in [1.54, 1.807) is 30.5 Å². The van der Waals surface area contributed by atoms with Crippen molar-refractivity contribution in [2.75, 3.05) is 0 Å². The molecule has 1 heteroatoms. The van der Waals surface area contributed by atoms with Crippen LogP contribution in [0.2, 0.25) is 0 Å². The summed E-state index contributed by atoms with van der Waals surface area (Å²) in [5.41, 5.74) is 3.25. The summed E-state index contributed by atoms with van der Waals surface area (Å²) >= 11 is 1.75. The molecule has 0 aromatic heterocycles. The molecule has 2 bridgehead atoms. The van der Waals surface area contributed by atoms with E-state index in [0.29, 0.717) is 0 Å². The van der Waals surface area contributed by atoms with Crippen molar-refractivity contribution < 1.29 is 19.4 Å². The van der Waals surface area contributed by atoms with Gasteiger partial charge in [0.1, 0.15) is 0 Å². The maximum atomic E-state index is 2.33. The average Bonchev–Trinajstić information content (AvgIpc) is 2.44. The molecular formula is C13H14W. The first-order valence-corrected chi connectivity index (χ1v) is 6.92. The molecule has 0 aliphatic heterocycles. The average molecular weight is 354 g/mol. The second-order valence-corrected chi connectivity index (χ2v) is 6.24. The van der Waals surface area contributed by atoms with Gasteiger partial charge in [-0.15, -0.1) is 0 Å². The van der Waals surface area contributed by atoms with Gasteiger partial charge in [-0.2, -0.15) is 0 Å². The Morgan fingerprint density at radius 2 is 1.43 bits per heavy atom. The normalized spacial score (nSPS) is 29.9. The molecule has 0 heterocycles. The molecule has 1 fully saturated rings. The Balaban J connectivity index is 2.06. The quantitative estimate of drug-likeness (QED) is 0.672. The molecule has 0 amide bonds. The maximum absolute atomic E-state index is 2.33. The summed E-state index contributed by atoms with van der Waals surface area (Å²) in [6, 6.07) is 9.05. The molecule has 2 aliphatic carbocycles. The van der Waals surface area contributed by atoms with Crippen LogP contribution in [-0.4, -0.2) is 3.90 Å². The molecule has 72 valence electrons. The van der Waals surface area contributed by atoms with Gasteiger partial charge in [0, 0.05) is 0 Å². The molecule has 1 unspecified atom stereocenters. The summed E-state index contributed by atoms with van der Waals surface area (Å²) in [6.07, 6.45) is 5.56. The summed E-state index contributed by atoms with van der Waals surface area (Å²) in [5.74, 6) is 1.86. The van der Waals surface area contributed by atoms with E-state index in [2.05, 4.69) is 24.3 Å². The van der Waals surface area contributed by atoms with E-state index >= 15 is 0 Å². The van der Waals surface area contributed by atoms with Gasteiger partial charge in [-0.25, -0.2) is 0 Å². The molecule has 0 nitrogen and oxygen atoms in total. The van der Waals surface area contributed by atoms with Crippen molar-refractivity contribution in [3.8, 4) is 0 Å². The van der Waals surface area contributed by atoms with E-state index in [1.807, 2.05) is 3.90 Å². The number of rotatable bonds is 0. The Labute approximate surface area is 96.1 Å². The molecular weight excluding hydrogens is 340 g/mol. The topological polar surface area (TPSA) is 0 Å². The zero-order chi connectivity index (χ0) is 9.54. The van der Waals surface area contributed by atoms with Gasteiger partial charge in [0.15, 0.2) is 0 Å². The third-order valence-electron chi connectivity index (χ3n) is 3.72. The van der Waals surface area contributed by atoms with E-state index in [-0.39, 0.29) is 0 Å². The second-order valence-electron chi connectivity index (χ2n) is 4.55. The fourth-order valence-electron chi connectivity index (χ4n) is 2.91. The van der Waals surface area contributed by atoms with Crippen LogP contribution in [0.5, 0.6) is 0 Å². The molecule has 2 atom stereocenters. The summed E-state index contributed by atoms with van der Waals surface area (Å²) in [5, 5.41) is 0. The zero-order valence-electron chi connectivity index (χ0n) is 8.20. The first-order chi connectivity index (χ1) is 6.84. The van der Waals surface area contributed by atoms with E-state index in [1.165, 1.54) is 25.7 Å². The van der Waals surface area contributed by atoms with Gasteiger partial charge in [-0.1, -0.05) is 0 Å². The van der Waals surface area contributed by atoms with Crippen LogP contribution in [-0.2, 0) is 32.2 Å². The van der Waals surface area contributed by atoms with Crippen molar-refractivity contribution in [3.05, 3.63) is 35.4 Å². The fourth-order valence-corrected chi connectivity index (χ4v) is 4.36. The third-order valence-corrected chi connectivity index (χ3v) is 6.11. The van der Waals surface area contributed by atoms with Crippen LogP contribution in [0.25, 0.3) is 0 Å². The first kappa shape index (κ1) is 9.04. The van der Waals surface area contributed by atoms with Crippen LogP contribution in [0.3, 0.4) is 0 Å².